The summed E-state index contributed by atoms with van der Waals surface area (Å²) in [6.07, 6.45) is 1.58. The smallest absolute Gasteiger partial charge is 0.283 e. The number of thioether (sulfide) groups is 1. The molecule has 0 spiro atoms. The van der Waals surface area contributed by atoms with Crippen LogP contribution < -0.4 is 0 Å². The Bertz CT molecular complexity index is 1180. The average molecular weight is 392 g/mol. The molecule has 27 heavy (non-hydrogen) atoms. The molecule has 0 aliphatic heterocycles. The Kier molecular flexibility index (Phi) is 4.19. The van der Waals surface area contributed by atoms with Crippen LogP contribution >= 0.6 is 23.1 Å². The third-order valence-electron chi connectivity index (χ3n) is 3.84. The zero-order chi connectivity index (χ0) is 18.1. The van der Waals surface area contributed by atoms with Crippen LogP contribution in [-0.4, -0.2) is 20.2 Å². The predicted molar refractivity (Wildman–Crippen MR) is 104 cm³/mol. The molecule has 0 amide bonds. The summed E-state index contributed by atoms with van der Waals surface area (Å²) in [7, 11) is 0. The molecule has 0 radical (unpaired) electrons. The molecule has 8 heteroatoms. The van der Waals surface area contributed by atoms with Gasteiger partial charge in [-0.1, -0.05) is 36.0 Å². The molecule has 0 saturated heterocycles. The van der Waals surface area contributed by atoms with E-state index >= 15 is 0 Å². The summed E-state index contributed by atoms with van der Waals surface area (Å²) in [6.45, 7) is 0. The summed E-state index contributed by atoms with van der Waals surface area (Å²) >= 11 is 3.18. The van der Waals surface area contributed by atoms with Gasteiger partial charge in [0, 0.05) is 5.39 Å². The fourth-order valence-electron chi connectivity index (χ4n) is 2.62. The lowest BCUT2D eigenvalue weighted by molar-refractivity contribution is 0.494. The van der Waals surface area contributed by atoms with Gasteiger partial charge in [-0.25, -0.2) is 9.97 Å². The zero-order valence-electron chi connectivity index (χ0n) is 13.9. The Balaban J connectivity index is 1.46. The van der Waals surface area contributed by atoms with Crippen molar-refractivity contribution in [3.8, 4) is 22.4 Å². The molecule has 0 atom stereocenters. The SMILES string of the molecule is c1coc(-c2nnc(CSc3nc(-c4cccs4)nc4ccccc34)o2)c1. The molecule has 0 unspecified atom stereocenters. The lowest BCUT2D eigenvalue weighted by Crippen LogP contribution is -1.93. The minimum Gasteiger partial charge on any atom is -0.459 e. The second kappa shape index (κ2) is 6.98. The number of para-hydroxylation sites is 1. The van der Waals surface area contributed by atoms with Gasteiger partial charge in [0.2, 0.25) is 5.89 Å². The van der Waals surface area contributed by atoms with Crippen molar-refractivity contribution in [2.45, 2.75) is 10.8 Å². The maximum Gasteiger partial charge on any atom is 0.283 e. The quantitative estimate of drug-likeness (QED) is 0.297. The lowest BCUT2D eigenvalue weighted by Gasteiger charge is -2.06. The van der Waals surface area contributed by atoms with Crippen LogP contribution in [0.15, 0.2) is 74.0 Å². The monoisotopic (exact) mass is 392 g/mol. The third kappa shape index (κ3) is 3.24. The summed E-state index contributed by atoms with van der Waals surface area (Å²) in [6, 6.07) is 15.6. The molecule has 6 nitrogen and oxygen atoms in total. The number of rotatable bonds is 5. The maximum atomic E-state index is 5.69. The van der Waals surface area contributed by atoms with Gasteiger partial charge < -0.3 is 8.83 Å². The van der Waals surface area contributed by atoms with Crippen LogP contribution in [0.2, 0.25) is 0 Å². The van der Waals surface area contributed by atoms with Gasteiger partial charge in [0.25, 0.3) is 5.89 Å². The Labute approximate surface area is 162 Å². The molecule has 132 valence electrons. The van der Waals surface area contributed by atoms with Crippen molar-refractivity contribution in [2.75, 3.05) is 0 Å². The van der Waals surface area contributed by atoms with E-state index in [-0.39, 0.29) is 0 Å². The highest BCUT2D eigenvalue weighted by atomic mass is 32.2. The maximum absolute atomic E-state index is 5.69. The number of furan rings is 1. The molecule has 4 heterocycles. The number of benzene rings is 1. The van der Waals surface area contributed by atoms with Crippen molar-refractivity contribution in [3.63, 3.8) is 0 Å². The molecule has 0 N–H and O–H groups in total. The fraction of sp³-hybridized carbons (Fsp3) is 0.0526. The van der Waals surface area contributed by atoms with E-state index in [1.165, 1.54) is 0 Å². The van der Waals surface area contributed by atoms with E-state index in [0.29, 0.717) is 23.3 Å². The van der Waals surface area contributed by atoms with Crippen LogP contribution in [0.25, 0.3) is 33.3 Å². The summed E-state index contributed by atoms with van der Waals surface area (Å²) in [5.74, 6) is 2.70. The van der Waals surface area contributed by atoms with Gasteiger partial charge in [0.15, 0.2) is 11.6 Å². The largest absolute Gasteiger partial charge is 0.459 e. The van der Waals surface area contributed by atoms with Gasteiger partial charge in [-0.15, -0.1) is 21.5 Å². The van der Waals surface area contributed by atoms with E-state index in [0.717, 1.165) is 26.6 Å². The first-order valence-corrected chi connectivity index (χ1v) is 10.0. The van der Waals surface area contributed by atoms with Crippen LogP contribution in [0.1, 0.15) is 5.89 Å². The molecular formula is C19H12N4O2S2. The number of thiophene rings is 1. The zero-order valence-corrected chi connectivity index (χ0v) is 15.5. The standard InChI is InChI=1S/C19H12N4O2S2/c1-2-6-13-12(5-1)19(21-17(20-13)15-8-4-10-26-15)27-11-16-22-23-18(25-16)14-7-3-9-24-14/h1-10H,11H2. The molecule has 0 bridgehead atoms. The van der Waals surface area contributed by atoms with Gasteiger partial charge in [0.05, 0.1) is 22.4 Å². The average Bonchev–Trinajstić information content (AvgIpc) is 3.48. The molecule has 0 aliphatic carbocycles. The number of hydrogen-bond donors (Lipinski definition) is 0. The first-order chi connectivity index (χ1) is 13.4. The summed E-state index contributed by atoms with van der Waals surface area (Å²) in [5.41, 5.74) is 0.917. The molecule has 0 fully saturated rings. The second-order valence-corrected chi connectivity index (χ2v) is 7.53. The van der Waals surface area contributed by atoms with Gasteiger partial charge in [-0.2, -0.15) is 0 Å². The Morgan fingerprint density at radius 3 is 2.78 bits per heavy atom. The number of hydrogen-bond acceptors (Lipinski definition) is 8. The summed E-state index contributed by atoms with van der Waals surface area (Å²) in [4.78, 5) is 10.5. The molecule has 4 aromatic heterocycles. The van der Waals surface area contributed by atoms with Crippen LogP contribution in [0.4, 0.5) is 0 Å². The normalized spacial score (nSPS) is 11.3. The van der Waals surface area contributed by atoms with Crippen LogP contribution in [-0.2, 0) is 5.75 Å². The first kappa shape index (κ1) is 16.2. The van der Waals surface area contributed by atoms with Crippen LogP contribution in [0.5, 0.6) is 0 Å². The minimum atomic E-state index is 0.377. The highest BCUT2D eigenvalue weighted by molar-refractivity contribution is 7.98. The van der Waals surface area contributed by atoms with Crippen molar-refractivity contribution in [2.24, 2.45) is 0 Å². The topological polar surface area (TPSA) is 77.8 Å². The summed E-state index contributed by atoms with van der Waals surface area (Å²) < 4.78 is 11.0. The van der Waals surface area contributed by atoms with Gasteiger partial charge >= 0.3 is 0 Å². The summed E-state index contributed by atoms with van der Waals surface area (Å²) in [5, 5.41) is 12.1. The van der Waals surface area contributed by atoms with Crippen molar-refractivity contribution >= 4 is 34.0 Å². The van der Waals surface area contributed by atoms with Gasteiger partial charge in [0.1, 0.15) is 5.03 Å². The van der Waals surface area contributed by atoms with Gasteiger partial charge in [-0.05, 0) is 29.6 Å². The van der Waals surface area contributed by atoms with E-state index < -0.39 is 0 Å². The van der Waals surface area contributed by atoms with Crippen LogP contribution in [0, 0.1) is 0 Å². The molecule has 1 aromatic carbocycles. The van der Waals surface area contributed by atoms with E-state index in [9.17, 15) is 0 Å². The Morgan fingerprint density at radius 1 is 0.963 bits per heavy atom. The lowest BCUT2D eigenvalue weighted by atomic mass is 10.2. The highest BCUT2D eigenvalue weighted by Gasteiger charge is 2.14. The van der Waals surface area contributed by atoms with E-state index in [2.05, 4.69) is 10.2 Å². The van der Waals surface area contributed by atoms with Crippen molar-refractivity contribution in [1.29, 1.82) is 0 Å². The minimum absolute atomic E-state index is 0.377. The van der Waals surface area contributed by atoms with E-state index in [1.54, 1.807) is 41.5 Å². The second-order valence-electron chi connectivity index (χ2n) is 5.61. The predicted octanol–water partition coefficient (Wildman–Crippen LogP) is 5.29. The number of nitrogens with zero attached hydrogens (tertiary/aromatic N) is 4. The van der Waals surface area contributed by atoms with Crippen molar-refractivity contribution < 1.29 is 8.83 Å². The molecule has 0 saturated carbocycles. The van der Waals surface area contributed by atoms with Crippen LogP contribution in [0.3, 0.4) is 0 Å². The third-order valence-corrected chi connectivity index (χ3v) is 5.68. The van der Waals surface area contributed by atoms with E-state index in [4.69, 9.17) is 18.8 Å². The van der Waals surface area contributed by atoms with Gasteiger partial charge in [-0.3, -0.25) is 0 Å². The molecule has 0 aliphatic rings. The van der Waals surface area contributed by atoms with E-state index in [1.807, 2.05) is 41.8 Å². The fourth-order valence-corrected chi connectivity index (χ4v) is 4.13. The van der Waals surface area contributed by atoms with Crippen molar-refractivity contribution in [1.82, 2.24) is 20.2 Å². The molecule has 5 aromatic rings. The van der Waals surface area contributed by atoms with Crippen molar-refractivity contribution in [3.05, 3.63) is 66.1 Å². The first-order valence-electron chi connectivity index (χ1n) is 8.16. The highest BCUT2D eigenvalue weighted by Crippen LogP contribution is 2.32. The Morgan fingerprint density at radius 2 is 1.93 bits per heavy atom. The Hall–Kier alpha value is -2.97. The number of aromatic nitrogens is 4. The molecular weight excluding hydrogens is 380 g/mol. The molecule has 5 rings (SSSR count). The number of fused-ring (bicyclic) bond motifs is 1.